The number of nitrogens with zero attached hydrogens (tertiary/aromatic N) is 1. The van der Waals surface area contributed by atoms with E-state index in [9.17, 15) is 0 Å². The smallest absolute Gasteiger partial charge is 0.0555 e. The highest BCUT2D eigenvalue weighted by Gasteiger charge is 2.16. The highest BCUT2D eigenvalue weighted by Crippen LogP contribution is 2.21. The van der Waals surface area contributed by atoms with Gasteiger partial charge in [-0.15, -0.1) is 0 Å². The Labute approximate surface area is 126 Å². The fraction of sp³-hybridized carbons (Fsp3) is 0.263. The van der Waals surface area contributed by atoms with Gasteiger partial charge >= 0.3 is 0 Å². The second-order valence-electron chi connectivity index (χ2n) is 5.39. The fourth-order valence-corrected chi connectivity index (χ4v) is 2.86. The van der Waals surface area contributed by atoms with Crippen LogP contribution in [0.3, 0.4) is 0 Å². The zero-order valence-corrected chi connectivity index (χ0v) is 12.2. The van der Waals surface area contributed by atoms with Gasteiger partial charge in [0.25, 0.3) is 0 Å². The largest absolute Gasteiger partial charge is 0.320 e. The molecule has 0 aliphatic carbocycles. The number of hydrogen-bond donors (Lipinski definition) is 1. The van der Waals surface area contributed by atoms with Crippen LogP contribution in [-0.4, -0.2) is 18.0 Å². The third kappa shape index (κ3) is 3.33. The van der Waals surface area contributed by atoms with Gasteiger partial charge in [0, 0.05) is 25.2 Å². The lowest BCUT2D eigenvalue weighted by Crippen LogP contribution is -2.30. The molecule has 0 atom stereocenters. The maximum Gasteiger partial charge on any atom is 0.0555 e. The maximum absolute atomic E-state index is 5.48. The van der Waals surface area contributed by atoms with Gasteiger partial charge in [0.15, 0.2) is 0 Å². The van der Waals surface area contributed by atoms with E-state index >= 15 is 0 Å². The Balaban J connectivity index is 1.76. The van der Waals surface area contributed by atoms with Gasteiger partial charge in [0.05, 0.1) is 6.54 Å². The molecule has 2 heteroatoms. The third-order valence-electron chi connectivity index (χ3n) is 3.95. The van der Waals surface area contributed by atoms with Crippen molar-refractivity contribution in [2.75, 3.05) is 13.1 Å². The molecular formula is C19H20N2. The van der Waals surface area contributed by atoms with Gasteiger partial charge in [-0.05, 0) is 29.2 Å². The summed E-state index contributed by atoms with van der Waals surface area (Å²) in [6.45, 7) is 3.49. The number of fused-ring (bicyclic) bond motifs is 1. The Morgan fingerprint density at radius 1 is 1.00 bits per heavy atom. The highest BCUT2D eigenvalue weighted by atomic mass is 15.1. The molecule has 0 spiro atoms. The molecule has 1 heterocycles. The predicted octanol–water partition coefficient (Wildman–Crippen LogP) is 2.56. The van der Waals surface area contributed by atoms with Gasteiger partial charge < -0.3 is 5.73 Å². The average molecular weight is 276 g/mol. The molecule has 0 fully saturated rings. The van der Waals surface area contributed by atoms with Gasteiger partial charge in [0.2, 0.25) is 0 Å². The van der Waals surface area contributed by atoms with Crippen LogP contribution in [0.15, 0.2) is 48.5 Å². The first-order valence-electron chi connectivity index (χ1n) is 7.43. The molecule has 1 aliphatic heterocycles. The Morgan fingerprint density at radius 2 is 1.76 bits per heavy atom. The van der Waals surface area contributed by atoms with Crippen LogP contribution in [0.5, 0.6) is 0 Å². The van der Waals surface area contributed by atoms with Crippen LogP contribution in [0.1, 0.15) is 22.3 Å². The summed E-state index contributed by atoms with van der Waals surface area (Å²) in [6, 6.07) is 17.1. The Morgan fingerprint density at radius 3 is 2.62 bits per heavy atom. The third-order valence-corrected chi connectivity index (χ3v) is 3.95. The van der Waals surface area contributed by atoms with Gasteiger partial charge in [-0.2, -0.15) is 0 Å². The maximum atomic E-state index is 5.48. The topological polar surface area (TPSA) is 29.3 Å². The van der Waals surface area contributed by atoms with Crippen molar-refractivity contribution < 1.29 is 0 Å². The summed E-state index contributed by atoms with van der Waals surface area (Å²) in [5.41, 5.74) is 10.8. The quantitative estimate of drug-likeness (QED) is 0.854. The van der Waals surface area contributed by atoms with Crippen molar-refractivity contribution in [2.45, 2.75) is 19.5 Å². The normalized spacial score (nSPS) is 14.1. The second kappa shape index (κ2) is 6.58. The van der Waals surface area contributed by atoms with Gasteiger partial charge in [-0.25, -0.2) is 0 Å². The van der Waals surface area contributed by atoms with E-state index in [1.54, 1.807) is 0 Å². The Bertz CT molecular complexity index is 679. The van der Waals surface area contributed by atoms with E-state index in [-0.39, 0.29) is 0 Å². The molecule has 0 bridgehead atoms. The number of nitrogens with two attached hydrogens (primary N) is 1. The first-order chi connectivity index (χ1) is 10.4. The Kier molecular flexibility index (Phi) is 4.35. The van der Waals surface area contributed by atoms with Crippen LogP contribution in [-0.2, 0) is 19.5 Å². The number of benzene rings is 2. The van der Waals surface area contributed by atoms with Crippen molar-refractivity contribution in [3.8, 4) is 11.8 Å². The summed E-state index contributed by atoms with van der Waals surface area (Å²) in [5.74, 6) is 6.14. The molecule has 21 heavy (non-hydrogen) atoms. The molecule has 0 unspecified atom stereocenters. The van der Waals surface area contributed by atoms with Crippen LogP contribution >= 0.6 is 0 Å². The van der Waals surface area contributed by atoms with Crippen molar-refractivity contribution in [3.05, 3.63) is 70.8 Å². The summed E-state index contributed by atoms with van der Waals surface area (Å²) in [7, 11) is 0. The lowest BCUT2D eigenvalue weighted by molar-refractivity contribution is 0.245. The van der Waals surface area contributed by atoms with Crippen LogP contribution in [0.25, 0.3) is 0 Å². The molecule has 2 nitrogen and oxygen atoms in total. The van der Waals surface area contributed by atoms with Gasteiger partial charge in [-0.1, -0.05) is 54.3 Å². The molecule has 3 rings (SSSR count). The lowest BCUT2D eigenvalue weighted by atomic mass is 9.99. The minimum absolute atomic E-state index is 0.408. The van der Waals surface area contributed by atoms with Crippen molar-refractivity contribution in [3.63, 3.8) is 0 Å². The van der Waals surface area contributed by atoms with E-state index in [0.717, 1.165) is 31.6 Å². The molecular weight excluding hydrogens is 256 g/mol. The molecule has 2 aromatic carbocycles. The van der Waals surface area contributed by atoms with Gasteiger partial charge in [-0.3, -0.25) is 4.90 Å². The zero-order valence-electron chi connectivity index (χ0n) is 12.2. The molecule has 0 saturated heterocycles. The molecule has 0 aromatic heterocycles. The summed E-state index contributed by atoms with van der Waals surface area (Å²) < 4.78 is 0. The molecule has 0 saturated carbocycles. The summed E-state index contributed by atoms with van der Waals surface area (Å²) >= 11 is 0. The Hall–Kier alpha value is -2.08. The van der Waals surface area contributed by atoms with Gasteiger partial charge in [0.1, 0.15) is 0 Å². The molecule has 1 aliphatic rings. The number of hydrogen-bond acceptors (Lipinski definition) is 2. The molecule has 2 N–H and O–H groups in total. The number of rotatable bonds is 2. The van der Waals surface area contributed by atoms with Crippen molar-refractivity contribution in [2.24, 2.45) is 5.73 Å². The van der Waals surface area contributed by atoms with Crippen LogP contribution in [0.2, 0.25) is 0 Å². The second-order valence-corrected chi connectivity index (χ2v) is 5.39. The van der Waals surface area contributed by atoms with Crippen LogP contribution in [0.4, 0.5) is 0 Å². The molecule has 0 radical (unpaired) electrons. The van der Waals surface area contributed by atoms with E-state index in [4.69, 9.17) is 5.73 Å². The van der Waals surface area contributed by atoms with Crippen LogP contribution in [0, 0.1) is 11.8 Å². The highest BCUT2D eigenvalue weighted by molar-refractivity contribution is 5.41. The molecule has 2 aromatic rings. The fourth-order valence-electron chi connectivity index (χ4n) is 2.86. The summed E-state index contributed by atoms with van der Waals surface area (Å²) in [4.78, 5) is 2.49. The summed E-state index contributed by atoms with van der Waals surface area (Å²) in [5, 5.41) is 0. The average Bonchev–Trinajstić information content (AvgIpc) is 2.54. The van der Waals surface area contributed by atoms with E-state index in [2.05, 4.69) is 59.2 Å². The van der Waals surface area contributed by atoms with E-state index in [1.807, 2.05) is 6.07 Å². The minimum Gasteiger partial charge on any atom is -0.320 e. The molecule has 0 amide bonds. The van der Waals surface area contributed by atoms with Crippen molar-refractivity contribution >= 4 is 0 Å². The van der Waals surface area contributed by atoms with Crippen molar-refractivity contribution in [1.29, 1.82) is 0 Å². The molecule has 106 valence electrons. The lowest BCUT2D eigenvalue weighted by Gasteiger charge is -2.29. The monoisotopic (exact) mass is 276 g/mol. The standard InChI is InChI=1S/C19H20N2/c20-12-5-10-16-6-1-3-8-18(16)14-21-13-11-17-7-2-4-9-19(17)15-21/h1-4,6-9H,11-15,20H2. The van der Waals surface area contributed by atoms with E-state index in [0.29, 0.717) is 6.54 Å². The summed E-state index contributed by atoms with van der Waals surface area (Å²) in [6.07, 6.45) is 1.13. The predicted molar refractivity (Wildman–Crippen MR) is 86.6 cm³/mol. The first-order valence-corrected chi connectivity index (χ1v) is 7.43. The van der Waals surface area contributed by atoms with Crippen LogP contribution < -0.4 is 5.73 Å². The minimum atomic E-state index is 0.408. The van der Waals surface area contributed by atoms with Crippen molar-refractivity contribution in [1.82, 2.24) is 4.90 Å². The van der Waals surface area contributed by atoms with E-state index in [1.165, 1.54) is 16.7 Å². The SMILES string of the molecule is NCC#Cc1ccccc1CN1CCc2ccccc2C1. The zero-order chi connectivity index (χ0) is 14.5. The first kappa shape index (κ1) is 13.9. The van der Waals surface area contributed by atoms with E-state index < -0.39 is 0 Å².